The molecule has 0 N–H and O–H groups in total. The summed E-state index contributed by atoms with van der Waals surface area (Å²) >= 11 is 0. The lowest BCUT2D eigenvalue weighted by molar-refractivity contribution is -0.136. The minimum Gasteiger partial charge on any atom is -0.427 e. The zero-order chi connectivity index (χ0) is 13.6. The Morgan fingerprint density at radius 3 is 2.17 bits per heavy atom. The Hall–Kier alpha value is -1.05. The van der Waals surface area contributed by atoms with Crippen molar-refractivity contribution in [2.45, 2.75) is 71.6 Å². The number of rotatable bonds is 11. The van der Waals surface area contributed by atoms with Gasteiger partial charge >= 0.3 is 5.97 Å². The summed E-state index contributed by atoms with van der Waals surface area (Å²) in [6.45, 7) is 7.27. The average Bonchev–Trinajstić information content (AvgIpc) is 2.30. The minimum atomic E-state index is -0.309. The quantitative estimate of drug-likeness (QED) is 0.220. The fraction of sp³-hybridized carbons (Fsp3) is 0.688. The maximum atomic E-state index is 10.6. The van der Waals surface area contributed by atoms with Crippen LogP contribution in [-0.4, -0.2) is 5.97 Å². The number of allylic oxidation sites excluding steroid dienone is 2. The fourth-order valence-corrected chi connectivity index (χ4v) is 1.83. The number of hydrogen-bond donors (Lipinski definition) is 0. The lowest BCUT2D eigenvalue weighted by Gasteiger charge is -2.00. The van der Waals surface area contributed by atoms with Crippen molar-refractivity contribution in [3.8, 4) is 0 Å². The second-order valence-electron chi connectivity index (χ2n) is 4.73. The molecule has 0 saturated heterocycles. The highest BCUT2D eigenvalue weighted by molar-refractivity contribution is 5.67. The second-order valence-corrected chi connectivity index (χ2v) is 4.73. The van der Waals surface area contributed by atoms with Gasteiger partial charge in [0, 0.05) is 6.92 Å². The molecule has 0 saturated carbocycles. The van der Waals surface area contributed by atoms with Gasteiger partial charge < -0.3 is 4.74 Å². The maximum Gasteiger partial charge on any atom is 0.308 e. The number of hydrogen-bond acceptors (Lipinski definition) is 2. The molecule has 2 heteroatoms. The van der Waals surface area contributed by atoms with Crippen LogP contribution in [0.25, 0.3) is 0 Å². The van der Waals surface area contributed by atoms with Gasteiger partial charge in [-0.15, -0.1) is 0 Å². The van der Waals surface area contributed by atoms with E-state index >= 15 is 0 Å². The van der Waals surface area contributed by atoms with Crippen molar-refractivity contribution >= 4 is 5.97 Å². The van der Waals surface area contributed by atoms with E-state index in [2.05, 4.69) is 13.5 Å². The van der Waals surface area contributed by atoms with Crippen LogP contribution in [0, 0.1) is 0 Å². The monoisotopic (exact) mass is 252 g/mol. The molecular weight excluding hydrogens is 224 g/mol. The Morgan fingerprint density at radius 1 is 1.06 bits per heavy atom. The van der Waals surface area contributed by atoms with Crippen LogP contribution in [0.4, 0.5) is 0 Å². The molecule has 0 unspecified atom stereocenters. The van der Waals surface area contributed by atoms with E-state index in [0.717, 1.165) is 6.42 Å². The van der Waals surface area contributed by atoms with E-state index in [9.17, 15) is 4.79 Å². The van der Waals surface area contributed by atoms with Crippen LogP contribution in [0.2, 0.25) is 0 Å². The van der Waals surface area contributed by atoms with E-state index in [4.69, 9.17) is 4.74 Å². The molecule has 104 valence electrons. The molecule has 18 heavy (non-hydrogen) atoms. The molecule has 0 spiro atoms. The minimum absolute atomic E-state index is 0.309. The van der Waals surface area contributed by atoms with Crippen LogP contribution in [0.3, 0.4) is 0 Å². The molecule has 0 rings (SSSR count). The molecule has 0 amide bonds. The third-order valence-corrected chi connectivity index (χ3v) is 2.80. The summed E-state index contributed by atoms with van der Waals surface area (Å²) in [5, 5.41) is 0. The van der Waals surface area contributed by atoms with Gasteiger partial charge in [0.05, 0.1) is 0 Å². The van der Waals surface area contributed by atoms with Crippen molar-refractivity contribution in [1.82, 2.24) is 0 Å². The normalized spacial score (nSPS) is 10.8. The van der Waals surface area contributed by atoms with Crippen molar-refractivity contribution in [2.24, 2.45) is 0 Å². The van der Waals surface area contributed by atoms with Crippen molar-refractivity contribution in [3.05, 3.63) is 24.5 Å². The molecular formula is C16H28O2. The smallest absolute Gasteiger partial charge is 0.308 e. The van der Waals surface area contributed by atoms with Crippen LogP contribution in [-0.2, 0) is 9.53 Å². The number of unbranched alkanes of at least 4 members (excludes halogenated alkanes) is 8. The van der Waals surface area contributed by atoms with Gasteiger partial charge in [-0.05, 0) is 18.9 Å². The van der Waals surface area contributed by atoms with Crippen molar-refractivity contribution in [3.63, 3.8) is 0 Å². The number of carbonyl (C=O) groups is 1. The van der Waals surface area contributed by atoms with Gasteiger partial charge in [-0.2, -0.15) is 0 Å². The number of esters is 1. The summed E-state index contributed by atoms with van der Waals surface area (Å²) in [5.74, 6) is 0.124. The van der Waals surface area contributed by atoms with Crippen LogP contribution in [0.5, 0.6) is 0 Å². The molecule has 2 nitrogen and oxygen atoms in total. The average molecular weight is 252 g/mol. The Bertz CT molecular complexity index is 254. The van der Waals surface area contributed by atoms with E-state index in [1.54, 1.807) is 6.08 Å². The molecule has 0 aliphatic rings. The predicted molar refractivity (Wildman–Crippen MR) is 77.3 cm³/mol. The van der Waals surface area contributed by atoms with Crippen LogP contribution < -0.4 is 0 Å². The van der Waals surface area contributed by atoms with E-state index in [-0.39, 0.29) is 5.97 Å². The first-order chi connectivity index (χ1) is 8.66. The molecule has 0 aliphatic heterocycles. The Balaban J connectivity index is 3.27. The highest BCUT2D eigenvalue weighted by atomic mass is 16.5. The maximum absolute atomic E-state index is 10.6. The van der Waals surface area contributed by atoms with E-state index in [1.165, 1.54) is 58.3 Å². The highest BCUT2D eigenvalue weighted by Crippen LogP contribution is 2.10. The van der Waals surface area contributed by atoms with Gasteiger partial charge in [-0.1, -0.05) is 64.5 Å². The molecule has 0 radical (unpaired) electrons. The van der Waals surface area contributed by atoms with E-state index in [0.29, 0.717) is 5.76 Å². The van der Waals surface area contributed by atoms with Gasteiger partial charge in [0.15, 0.2) is 0 Å². The van der Waals surface area contributed by atoms with Gasteiger partial charge in [-0.25, -0.2) is 0 Å². The summed E-state index contributed by atoms with van der Waals surface area (Å²) in [5.41, 5.74) is 0. The Kier molecular flexibility index (Phi) is 11.7. The van der Waals surface area contributed by atoms with Crippen molar-refractivity contribution in [1.29, 1.82) is 0 Å². The topological polar surface area (TPSA) is 26.3 Å². The summed E-state index contributed by atoms with van der Waals surface area (Å²) in [4.78, 5) is 10.6. The summed E-state index contributed by atoms with van der Waals surface area (Å²) in [6.07, 6.45) is 15.5. The molecule has 0 aliphatic carbocycles. The molecule has 0 aromatic rings. The molecule has 0 heterocycles. The summed E-state index contributed by atoms with van der Waals surface area (Å²) in [6, 6.07) is 0. The van der Waals surface area contributed by atoms with Crippen LogP contribution in [0.15, 0.2) is 24.5 Å². The first-order valence-corrected chi connectivity index (χ1v) is 7.20. The van der Waals surface area contributed by atoms with Gasteiger partial charge in [0.25, 0.3) is 0 Å². The SMILES string of the molecule is C=C(C=CCCCCCCCCCC)OC(C)=O. The van der Waals surface area contributed by atoms with Gasteiger partial charge in [-0.3, -0.25) is 4.79 Å². The van der Waals surface area contributed by atoms with Gasteiger partial charge in [0.1, 0.15) is 5.76 Å². The highest BCUT2D eigenvalue weighted by Gasteiger charge is 1.93. The Labute approximate surface area is 112 Å². The lowest BCUT2D eigenvalue weighted by Crippen LogP contribution is -1.94. The second kappa shape index (κ2) is 12.4. The Morgan fingerprint density at radius 2 is 1.61 bits per heavy atom. The third kappa shape index (κ3) is 13.0. The standard InChI is InChI=1S/C16H28O2/c1-4-5-6-7-8-9-10-11-12-13-14-15(2)18-16(3)17/h13-14H,2,4-12H2,1,3H3. The molecule has 0 bridgehead atoms. The van der Waals surface area contributed by atoms with Crippen LogP contribution >= 0.6 is 0 Å². The van der Waals surface area contributed by atoms with Crippen LogP contribution in [0.1, 0.15) is 71.6 Å². The lowest BCUT2D eigenvalue weighted by atomic mass is 10.1. The van der Waals surface area contributed by atoms with Crippen molar-refractivity contribution < 1.29 is 9.53 Å². The molecule has 0 aromatic carbocycles. The number of ether oxygens (including phenoxy) is 1. The molecule has 0 atom stereocenters. The van der Waals surface area contributed by atoms with Gasteiger partial charge in [0.2, 0.25) is 0 Å². The molecule has 0 aromatic heterocycles. The zero-order valence-corrected chi connectivity index (χ0v) is 12.0. The predicted octanol–water partition coefficient (Wildman–Crippen LogP) is 5.15. The van der Waals surface area contributed by atoms with E-state index < -0.39 is 0 Å². The first kappa shape index (κ1) is 16.9. The zero-order valence-electron chi connectivity index (χ0n) is 12.0. The molecule has 0 fully saturated rings. The summed E-state index contributed by atoms with van der Waals surface area (Å²) < 4.78 is 4.81. The third-order valence-electron chi connectivity index (χ3n) is 2.80. The fourth-order valence-electron chi connectivity index (χ4n) is 1.83. The van der Waals surface area contributed by atoms with Crippen molar-refractivity contribution in [2.75, 3.05) is 0 Å². The van der Waals surface area contributed by atoms with E-state index in [1.807, 2.05) is 6.08 Å². The largest absolute Gasteiger partial charge is 0.427 e. The first-order valence-electron chi connectivity index (χ1n) is 7.20. The number of carbonyl (C=O) groups excluding carboxylic acids is 1. The summed E-state index contributed by atoms with van der Waals surface area (Å²) in [7, 11) is 0.